The summed E-state index contributed by atoms with van der Waals surface area (Å²) < 4.78 is 0. The van der Waals surface area contributed by atoms with Crippen LogP contribution >= 0.6 is 11.3 Å². The minimum absolute atomic E-state index is 0.648. The van der Waals surface area contributed by atoms with Gasteiger partial charge in [0.1, 0.15) is 10.0 Å². The first kappa shape index (κ1) is 29.8. The normalized spacial score (nSPS) is 12.1. The molecule has 4 nitrogen and oxygen atoms in total. The smallest absolute Gasteiger partial charge is 0.121 e. The van der Waals surface area contributed by atoms with E-state index >= 15 is 0 Å². The lowest BCUT2D eigenvalue weighted by molar-refractivity contribution is 0.215. The number of rotatable bonds is 16. The van der Waals surface area contributed by atoms with E-state index < -0.39 is 0 Å². The zero-order valence-electron chi connectivity index (χ0n) is 24.2. The highest BCUT2D eigenvalue weighted by Gasteiger charge is 2.14. The van der Waals surface area contributed by atoms with Crippen LogP contribution in [-0.2, 0) is 25.8 Å². The average molecular weight is 531 g/mol. The van der Waals surface area contributed by atoms with Gasteiger partial charge in [-0.1, -0.05) is 81.0 Å². The second-order valence-electron chi connectivity index (χ2n) is 10.4. The van der Waals surface area contributed by atoms with Gasteiger partial charge >= 0.3 is 0 Å². The average Bonchev–Trinajstić information content (AvgIpc) is 3.35. The topological polar surface area (TPSA) is 32.3 Å². The largest absolute Gasteiger partial charge is 0.346 e. The van der Waals surface area contributed by atoms with Gasteiger partial charge in [0.25, 0.3) is 0 Å². The number of aryl methyl sites for hydroxylation is 3. The van der Waals surface area contributed by atoms with E-state index in [1.807, 2.05) is 0 Å². The van der Waals surface area contributed by atoms with E-state index in [0.29, 0.717) is 6.04 Å². The summed E-state index contributed by atoms with van der Waals surface area (Å²) in [4.78, 5) is 4.78. The van der Waals surface area contributed by atoms with Gasteiger partial charge in [-0.15, -0.1) is 21.5 Å². The third-order valence-electron chi connectivity index (χ3n) is 7.21. The third-order valence-corrected chi connectivity index (χ3v) is 8.19. The van der Waals surface area contributed by atoms with E-state index in [-0.39, 0.29) is 0 Å². The lowest BCUT2D eigenvalue weighted by atomic mass is 10.1. The minimum atomic E-state index is 0.648. The lowest BCUT2D eigenvalue weighted by Gasteiger charge is -2.28. The molecule has 1 heterocycles. The molecule has 3 rings (SSSR count). The van der Waals surface area contributed by atoms with Crippen molar-refractivity contribution in [2.75, 3.05) is 18.5 Å². The molecule has 0 saturated carbocycles. The SMILES string of the molecule is C=C(CC(=C)N(CC)c1ccc(CN(C)C(CC)CCC)cc1)Cc1nnc(CCc2ccc(C)cc2)s1. The molecule has 1 unspecified atom stereocenters. The summed E-state index contributed by atoms with van der Waals surface area (Å²) >= 11 is 1.70. The van der Waals surface area contributed by atoms with E-state index in [0.717, 1.165) is 60.1 Å². The molecule has 0 saturated heterocycles. The van der Waals surface area contributed by atoms with Crippen molar-refractivity contribution in [2.45, 2.75) is 85.2 Å². The van der Waals surface area contributed by atoms with E-state index in [9.17, 15) is 0 Å². The van der Waals surface area contributed by atoms with Gasteiger partial charge in [0.15, 0.2) is 0 Å². The van der Waals surface area contributed by atoms with Gasteiger partial charge in [-0.25, -0.2) is 0 Å². The molecule has 0 radical (unpaired) electrons. The van der Waals surface area contributed by atoms with Gasteiger partial charge < -0.3 is 4.90 Å². The molecule has 0 aliphatic carbocycles. The summed E-state index contributed by atoms with van der Waals surface area (Å²) in [5, 5.41) is 11.0. The second-order valence-corrected chi connectivity index (χ2v) is 11.6. The van der Waals surface area contributed by atoms with Crippen LogP contribution in [0.2, 0.25) is 0 Å². The van der Waals surface area contributed by atoms with Crippen molar-refractivity contribution in [3.05, 3.63) is 99.7 Å². The first-order valence-corrected chi connectivity index (χ1v) is 14.9. The number of aromatic nitrogens is 2. The van der Waals surface area contributed by atoms with Crippen molar-refractivity contribution in [1.82, 2.24) is 15.1 Å². The van der Waals surface area contributed by atoms with E-state index in [2.05, 4.69) is 116 Å². The van der Waals surface area contributed by atoms with Gasteiger partial charge in [0, 0.05) is 49.8 Å². The van der Waals surface area contributed by atoms with Crippen LogP contribution in [0.4, 0.5) is 5.69 Å². The maximum Gasteiger partial charge on any atom is 0.121 e. The molecule has 0 aliphatic heterocycles. The summed E-state index contributed by atoms with van der Waals surface area (Å²) in [5.74, 6) is 0. The third kappa shape index (κ3) is 8.92. The predicted octanol–water partition coefficient (Wildman–Crippen LogP) is 8.17. The van der Waals surface area contributed by atoms with E-state index in [1.54, 1.807) is 11.3 Å². The van der Waals surface area contributed by atoms with Gasteiger partial charge in [-0.3, -0.25) is 4.90 Å². The molecule has 38 heavy (non-hydrogen) atoms. The number of benzene rings is 2. The Morgan fingerprint density at radius 3 is 2.18 bits per heavy atom. The predicted molar refractivity (Wildman–Crippen MR) is 165 cm³/mol. The van der Waals surface area contributed by atoms with Crippen LogP contribution in [0.1, 0.15) is 73.2 Å². The highest BCUT2D eigenvalue weighted by molar-refractivity contribution is 7.11. The van der Waals surface area contributed by atoms with Gasteiger partial charge in [0.2, 0.25) is 0 Å². The molecule has 204 valence electrons. The Morgan fingerprint density at radius 1 is 0.895 bits per heavy atom. The summed E-state index contributed by atoms with van der Waals surface area (Å²) in [6.45, 7) is 19.5. The number of allylic oxidation sites excluding steroid dienone is 1. The van der Waals surface area contributed by atoms with Gasteiger partial charge in [-0.2, -0.15) is 0 Å². The van der Waals surface area contributed by atoms with Crippen LogP contribution < -0.4 is 4.90 Å². The highest BCUT2D eigenvalue weighted by atomic mass is 32.1. The molecule has 0 aliphatic rings. The molecule has 0 bridgehead atoms. The number of anilines is 1. The Kier molecular flexibility index (Phi) is 11.8. The Balaban J connectivity index is 1.51. The standard InChI is InChI=1S/C33H46N4S/c1-8-11-30(9-2)36(7)24-29-16-19-31(20-17-29)37(10-3)27(6)22-26(5)23-33-35-34-32(38-33)21-18-28-14-12-25(4)13-15-28/h12-17,19-20,30H,5-6,8-11,18,21-24H2,1-4,7H3. The van der Waals surface area contributed by atoms with Crippen molar-refractivity contribution in [3.8, 4) is 0 Å². The summed E-state index contributed by atoms with van der Waals surface area (Å²) in [6.07, 6.45) is 7.10. The number of nitrogens with zero attached hydrogens (tertiary/aromatic N) is 4. The fourth-order valence-electron chi connectivity index (χ4n) is 4.98. The molecule has 0 amide bonds. The van der Waals surface area contributed by atoms with Gasteiger partial charge in [-0.05, 0) is 63.4 Å². The monoisotopic (exact) mass is 530 g/mol. The van der Waals surface area contributed by atoms with Gasteiger partial charge in [0.05, 0.1) is 0 Å². The van der Waals surface area contributed by atoms with Crippen LogP contribution in [-0.4, -0.2) is 34.7 Å². The summed E-state index contributed by atoms with van der Waals surface area (Å²) in [7, 11) is 2.24. The molecule has 2 aromatic carbocycles. The first-order valence-electron chi connectivity index (χ1n) is 14.1. The quantitative estimate of drug-likeness (QED) is 0.175. The van der Waals surface area contributed by atoms with Crippen molar-refractivity contribution in [2.24, 2.45) is 0 Å². The van der Waals surface area contributed by atoms with Crippen molar-refractivity contribution in [3.63, 3.8) is 0 Å². The molecule has 5 heteroatoms. The molecule has 0 fully saturated rings. The van der Waals surface area contributed by atoms with Crippen LogP contribution in [0.5, 0.6) is 0 Å². The van der Waals surface area contributed by atoms with Crippen molar-refractivity contribution in [1.29, 1.82) is 0 Å². The number of hydrogen-bond acceptors (Lipinski definition) is 5. The number of hydrogen-bond donors (Lipinski definition) is 0. The Bertz CT molecular complexity index is 1150. The van der Waals surface area contributed by atoms with Crippen LogP contribution in [0.3, 0.4) is 0 Å². The first-order chi connectivity index (χ1) is 18.3. The molecule has 0 spiro atoms. The second kappa shape index (κ2) is 15.0. The van der Waals surface area contributed by atoms with Crippen LogP contribution in [0.25, 0.3) is 0 Å². The zero-order valence-corrected chi connectivity index (χ0v) is 25.0. The Hall–Kier alpha value is -2.76. The highest BCUT2D eigenvalue weighted by Crippen LogP contribution is 2.25. The Labute approximate surface area is 235 Å². The maximum absolute atomic E-state index is 4.44. The Morgan fingerprint density at radius 2 is 1.55 bits per heavy atom. The molecule has 1 atom stereocenters. The fourth-order valence-corrected chi connectivity index (χ4v) is 5.90. The molecular formula is C33H46N4S. The molecule has 0 N–H and O–H groups in total. The fraction of sp³-hybridized carbons (Fsp3) is 0.455. The summed E-state index contributed by atoms with van der Waals surface area (Å²) in [5.41, 5.74) is 7.36. The van der Waals surface area contributed by atoms with E-state index in [1.165, 1.54) is 41.6 Å². The maximum atomic E-state index is 4.44. The molecular weight excluding hydrogens is 484 g/mol. The minimum Gasteiger partial charge on any atom is -0.346 e. The zero-order chi connectivity index (χ0) is 27.5. The molecule has 1 aromatic heterocycles. The van der Waals surface area contributed by atoms with Crippen molar-refractivity contribution >= 4 is 17.0 Å². The molecule has 3 aromatic rings. The lowest BCUT2D eigenvalue weighted by Crippen LogP contribution is -2.30. The van der Waals surface area contributed by atoms with Crippen LogP contribution in [0, 0.1) is 6.92 Å². The summed E-state index contributed by atoms with van der Waals surface area (Å²) in [6, 6.07) is 18.4. The van der Waals surface area contributed by atoms with Crippen molar-refractivity contribution < 1.29 is 0 Å². The van der Waals surface area contributed by atoms with E-state index in [4.69, 9.17) is 0 Å². The van der Waals surface area contributed by atoms with Crippen LogP contribution in [0.15, 0.2) is 73.0 Å².